The van der Waals surface area contributed by atoms with Crippen LogP contribution in [0.4, 0.5) is 0 Å². The largest absolute Gasteiger partial charge is 0.0893 e. The summed E-state index contributed by atoms with van der Waals surface area (Å²) in [6.07, 6.45) is 0. The molecule has 0 atom stereocenters. The van der Waals surface area contributed by atoms with Gasteiger partial charge in [0.15, 0.2) is 0 Å². The Morgan fingerprint density at radius 1 is 1.42 bits per heavy atom. The van der Waals surface area contributed by atoms with E-state index in [1.165, 1.54) is 0 Å². The Kier molecular flexibility index (Phi) is 3.23. The van der Waals surface area contributed by atoms with Crippen molar-refractivity contribution in [3.05, 3.63) is 44.3 Å². The van der Waals surface area contributed by atoms with Crippen LogP contribution < -0.4 is 0 Å². The minimum atomic E-state index is 0. The molecular formula is C7H7Cl2N3. The van der Waals surface area contributed by atoms with Crippen molar-refractivity contribution in [3.8, 4) is 0 Å². The minimum Gasteiger partial charge on any atom is -0.0893 e. The van der Waals surface area contributed by atoms with E-state index in [2.05, 4.69) is 10.0 Å². The van der Waals surface area contributed by atoms with Gasteiger partial charge in [0.25, 0.3) is 0 Å². The second-order valence-electron chi connectivity index (χ2n) is 2.14. The standard InChI is InChI=1S/C7H5Cl2N3.H2/c8-6-2-1-5(3-7(6)9)4-11-12-10;/h1-3H,4H2;1H. The maximum atomic E-state index is 8.05. The minimum absolute atomic E-state index is 0. The number of rotatable bonds is 2. The summed E-state index contributed by atoms with van der Waals surface area (Å²) in [5, 5.41) is 4.37. The first kappa shape index (κ1) is 9.20. The first-order valence-electron chi connectivity index (χ1n) is 3.19. The highest BCUT2D eigenvalue weighted by Gasteiger charge is 1.97. The molecule has 0 heterocycles. The van der Waals surface area contributed by atoms with Gasteiger partial charge >= 0.3 is 0 Å². The summed E-state index contributed by atoms with van der Waals surface area (Å²) in [7, 11) is 0. The fraction of sp³-hybridized carbons (Fsp3) is 0.143. The maximum Gasteiger partial charge on any atom is 0.0595 e. The zero-order chi connectivity index (χ0) is 8.97. The Morgan fingerprint density at radius 3 is 2.75 bits per heavy atom. The molecule has 0 aliphatic rings. The van der Waals surface area contributed by atoms with Gasteiger partial charge in [0.2, 0.25) is 0 Å². The lowest BCUT2D eigenvalue weighted by atomic mass is 10.2. The summed E-state index contributed by atoms with van der Waals surface area (Å²) in [5.74, 6) is 0. The monoisotopic (exact) mass is 203 g/mol. The molecule has 0 saturated carbocycles. The molecular weight excluding hydrogens is 197 g/mol. The molecule has 0 unspecified atom stereocenters. The van der Waals surface area contributed by atoms with Gasteiger partial charge in [-0.3, -0.25) is 0 Å². The van der Waals surface area contributed by atoms with E-state index in [9.17, 15) is 0 Å². The molecule has 12 heavy (non-hydrogen) atoms. The molecule has 0 aromatic heterocycles. The second kappa shape index (κ2) is 4.21. The Hall–Kier alpha value is -0.890. The summed E-state index contributed by atoms with van der Waals surface area (Å²) in [6, 6.07) is 5.12. The van der Waals surface area contributed by atoms with Gasteiger partial charge in [-0.2, -0.15) is 0 Å². The lowest BCUT2D eigenvalue weighted by Crippen LogP contribution is -1.79. The van der Waals surface area contributed by atoms with Crippen molar-refractivity contribution in [2.45, 2.75) is 6.54 Å². The molecule has 0 N–H and O–H groups in total. The van der Waals surface area contributed by atoms with E-state index >= 15 is 0 Å². The van der Waals surface area contributed by atoms with Crippen LogP contribution in [-0.2, 0) is 6.54 Å². The quantitative estimate of drug-likeness (QED) is 0.396. The molecule has 0 aliphatic carbocycles. The van der Waals surface area contributed by atoms with Crippen LogP contribution in [0.15, 0.2) is 23.3 Å². The number of azide groups is 1. The van der Waals surface area contributed by atoms with Gasteiger partial charge < -0.3 is 0 Å². The summed E-state index contributed by atoms with van der Waals surface area (Å²) in [5.41, 5.74) is 8.90. The van der Waals surface area contributed by atoms with E-state index in [1.807, 2.05) is 0 Å². The Labute approximate surface area is 81.0 Å². The van der Waals surface area contributed by atoms with E-state index in [4.69, 9.17) is 28.7 Å². The molecule has 3 nitrogen and oxygen atoms in total. The SMILES string of the molecule is [HH].[N-]=[N+]=NCc1ccc(Cl)c(Cl)c1. The van der Waals surface area contributed by atoms with E-state index in [0.717, 1.165) is 5.56 Å². The van der Waals surface area contributed by atoms with Crippen LogP contribution >= 0.6 is 23.2 Å². The van der Waals surface area contributed by atoms with Gasteiger partial charge in [-0.05, 0) is 23.2 Å². The van der Waals surface area contributed by atoms with E-state index in [0.29, 0.717) is 16.6 Å². The summed E-state index contributed by atoms with van der Waals surface area (Å²) in [4.78, 5) is 2.63. The Bertz CT molecular complexity index is 337. The van der Waals surface area contributed by atoms with Crippen molar-refractivity contribution in [3.63, 3.8) is 0 Å². The van der Waals surface area contributed by atoms with Crippen molar-refractivity contribution in [1.82, 2.24) is 0 Å². The average molecular weight is 204 g/mol. The molecule has 64 valence electrons. The van der Waals surface area contributed by atoms with Crippen molar-refractivity contribution in [2.24, 2.45) is 5.11 Å². The molecule has 0 saturated heterocycles. The highest BCUT2D eigenvalue weighted by Crippen LogP contribution is 2.22. The third-order valence-electron chi connectivity index (χ3n) is 1.30. The fourth-order valence-electron chi connectivity index (χ4n) is 0.751. The number of nitrogens with zero attached hydrogens (tertiary/aromatic N) is 3. The highest BCUT2D eigenvalue weighted by molar-refractivity contribution is 6.41. The Balaban J connectivity index is 0.00000144. The summed E-state index contributed by atoms with van der Waals surface area (Å²) >= 11 is 11.4. The van der Waals surface area contributed by atoms with Crippen LogP contribution in [0.25, 0.3) is 10.4 Å². The van der Waals surface area contributed by atoms with Gasteiger partial charge in [0.1, 0.15) is 0 Å². The van der Waals surface area contributed by atoms with Crippen LogP contribution in [0.1, 0.15) is 6.99 Å². The third-order valence-corrected chi connectivity index (χ3v) is 2.04. The van der Waals surface area contributed by atoms with E-state index in [1.54, 1.807) is 18.2 Å². The Morgan fingerprint density at radius 2 is 2.17 bits per heavy atom. The van der Waals surface area contributed by atoms with Crippen LogP contribution in [-0.4, -0.2) is 0 Å². The lowest BCUT2D eigenvalue weighted by molar-refractivity contribution is 1.05. The van der Waals surface area contributed by atoms with E-state index < -0.39 is 0 Å². The first-order chi connectivity index (χ1) is 5.74. The van der Waals surface area contributed by atoms with Crippen LogP contribution in [0.3, 0.4) is 0 Å². The number of halogens is 2. The molecule has 0 spiro atoms. The smallest absolute Gasteiger partial charge is 0.0595 e. The molecule has 1 aromatic carbocycles. The number of hydrogen-bond acceptors (Lipinski definition) is 1. The normalized spacial score (nSPS) is 9.17. The predicted octanol–water partition coefficient (Wildman–Crippen LogP) is 4.05. The zero-order valence-corrected chi connectivity index (χ0v) is 7.55. The average Bonchev–Trinajstić information content (AvgIpc) is 2.07. The number of benzene rings is 1. The third kappa shape index (κ3) is 2.31. The summed E-state index contributed by atoms with van der Waals surface area (Å²) in [6.45, 7) is 0.299. The molecule has 0 radical (unpaired) electrons. The summed E-state index contributed by atoms with van der Waals surface area (Å²) < 4.78 is 0. The molecule has 5 heteroatoms. The van der Waals surface area contributed by atoms with Crippen molar-refractivity contribution < 1.29 is 1.43 Å². The van der Waals surface area contributed by atoms with Gasteiger partial charge in [-0.15, -0.1) is 0 Å². The van der Waals surface area contributed by atoms with Crippen LogP contribution in [0.5, 0.6) is 0 Å². The molecule has 0 aliphatic heterocycles. The number of hydrogen-bond donors (Lipinski definition) is 0. The molecule has 1 rings (SSSR count). The van der Waals surface area contributed by atoms with E-state index in [-0.39, 0.29) is 1.43 Å². The van der Waals surface area contributed by atoms with Gasteiger partial charge in [-0.25, -0.2) is 0 Å². The topological polar surface area (TPSA) is 48.8 Å². The molecule has 1 aromatic rings. The predicted molar refractivity (Wildman–Crippen MR) is 51.4 cm³/mol. The molecule has 0 amide bonds. The van der Waals surface area contributed by atoms with Gasteiger partial charge in [0, 0.05) is 6.34 Å². The highest BCUT2D eigenvalue weighted by atomic mass is 35.5. The fourth-order valence-corrected chi connectivity index (χ4v) is 1.07. The molecule has 0 fully saturated rings. The van der Waals surface area contributed by atoms with Crippen molar-refractivity contribution in [2.75, 3.05) is 0 Å². The molecule has 0 bridgehead atoms. The van der Waals surface area contributed by atoms with Gasteiger partial charge in [-0.1, -0.05) is 34.4 Å². The first-order valence-corrected chi connectivity index (χ1v) is 3.94. The lowest BCUT2D eigenvalue weighted by Gasteiger charge is -1.97. The van der Waals surface area contributed by atoms with Crippen molar-refractivity contribution in [1.29, 1.82) is 0 Å². The second-order valence-corrected chi connectivity index (χ2v) is 2.95. The van der Waals surface area contributed by atoms with Gasteiger partial charge in [0.05, 0.1) is 16.6 Å². The van der Waals surface area contributed by atoms with Crippen LogP contribution in [0.2, 0.25) is 10.0 Å². The van der Waals surface area contributed by atoms with Crippen LogP contribution in [0, 0.1) is 0 Å². The maximum absolute atomic E-state index is 8.05. The zero-order valence-electron chi connectivity index (χ0n) is 6.04. The van der Waals surface area contributed by atoms with Crippen molar-refractivity contribution >= 4 is 23.2 Å².